The molecule has 1 fully saturated rings. The van der Waals surface area contributed by atoms with Gasteiger partial charge in [0.1, 0.15) is 0 Å². The number of nitrogens with one attached hydrogen (secondary N) is 3. The maximum Gasteiger partial charge on any atom is 0.0528 e. The predicted molar refractivity (Wildman–Crippen MR) is 61.2 cm³/mol. The molecule has 0 aromatic heterocycles. The molecule has 1 rings (SSSR count). The lowest BCUT2D eigenvalue weighted by atomic mass is 10.1. The van der Waals surface area contributed by atoms with Crippen molar-refractivity contribution in [3.8, 4) is 0 Å². The smallest absolute Gasteiger partial charge is 0.0528 e. The standard InChI is InChI=1S/C10H24N4O/c1-10(2)9-13-6-5-11-3-4-12-7-8-14(10)15/h11-13,15H,3-9H2,1-2H3. The molecule has 0 aromatic carbocycles. The Balaban J connectivity index is 2.38. The third-order valence-electron chi connectivity index (χ3n) is 2.71. The van der Waals surface area contributed by atoms with E-state index >= 15 is 0 Å². The van der Waals surface area contributed by atoms with E-state index in [0.717, 1.165) is 39.3 Å². The Bertz CT molecular complexity index is 175. The lowest BCUT2D eigenvalue weighted by Crippen LogP contribution is -2.52. The van der Waals surface area contributed by atoms with Crippen LogP contribution in [0.2, 0.25) is 0 Å². The Hall–Kier alpha value is -0.200. The minimum absolute atomic E-state index is 0.207. The van der Waals surface area contributed by atoms with Crippen molar-refractivity contribution in [3.63, 3.8) is 0 Å². The van der Waals surface area contributed by atoms with Gasteiger partial charge in [-0.1, -0.05) is 0 Å². The predicted octanol–water partition coefficient (Wildman–Crippen LogP) is -0.761. The Kier molecular flexibility index (Phi) is 5.49. The monoisotopic (exact) mass is 216 g/mol. The van der Waals surface area contributed by atoms with Gasteiger partial charge >= 0.3 is 0 Å². The molecule has 0 amide bonds. The molecule has 0 atom stereocenters. The van der Waals surface area contributed by atoms with Crippen LogP contribution in [0, 0.1) is 0 Å². The number of hydroxylamine groups is 2. The van der Waals surface area contributed by atoms with Crippen LogP contribution in [0.4, 0.5) is 0 Å². The zero-order chi connectivity index (χ0) is 11.1. The van der Waals surface area contributed by atoms with E-state index in [2.05, 4.69) is 16.0 Å². The first-order valence-corrected chi connectivity index (χ1v) is 5.71. The van der Waals surface area contributed by atoms with Gasteiger partial charge in [0.05, 0.1) is 5.54 Å². The lowest BCUT2D eigenvalue weighted by Gasteiger charge is -2.34. The van der Waals surface area contributed by atoms with Crippen molar-refractivity contribution in [2.75, 3.05) is 45.8 Å². The summed E-state index contributed by atoms with van der Waals surface area (Å²) in [5, 5.41) is 21.2. The Morgan fingerprint density at radius 2 is 1.47 bits per heavy atom. The van der Waals surface area contributed by atoms with Crippen LogP contribution >= 0.6 is 0 Å². The molecule has 0 aliphatic carbocycles. The quantitative estimate of drug-likeness (QED) is 0.429. The first-order valence-electron chi connectivity index (χ1n) is 5.71. The van der Waals surface area contributed by atoms with E-state index in [4.69, 9.17) is 0 Å². The summed E-state index contributed by atoms with van der Waals surface area (Å²) in [5.41, 5.74) is -0.207. The van der Waals surface area contributed by atoms with Crippen molar-refractivity contribution in [1.82, 2.24) is 21.0 Å². The summed E-state index contributed by atoms with van der Waals surface area (Å²) in [6.07, 6.45) is 0. The largest absolute Gasteiger partial charge is 0.314 e. The van der Waals surface area contributed by atoms with Crippen LogP contribution < -0.4 is 16.0 Å². The van der Waals surface area contributed by atoms with Gasteiger partial charge in [0.2, 0.25) is 0 Å². The molecule has 0 saturated carbocycles. The highest BCUT2D eigenvalue weighted by molar-refractivity contribution is 4.79. The van der Waals surface area contributed by atoms with Crippen molar-refractivity contribution < 1.29 is 5.21 Å². The first kappa shape index (κ1) is 12.9. The van der Waals surface area contributed by atoms with Gasteiger partial charge in [0, 0.05) is 45.8 Å². The lowest BCUT2D eigenvalue weighted by molar-refractivity contribution is -0.159. The molecule has 1 saturated heterocycles. The van der Waals surface area contributed by atoms with E-state index in [1.54, 1.807) is 0 Å². The molecular formula is C10H24N4O. The highest BCUT2D eigenvalue weighted by Gasteiger charge is 2.24. The first-order chi connectivity index (χ1) is 7.13. The van der Waals surface area contributed by atoms with Gasteiger partial charge < -0.3 is 21.2 Å². The van der Waals surface area contributed by atoms with Crippen LogP contribution in [0.5, 0.6) is 0 Å². The van der Waals surface area contributed by atoms with Gasteiger partial charge in [-0.05, 0) is 13.8 Å². The molecule has 5 heteroatoms. The maximum atomic E-state index is 9.86. The van der Waals surface area contributed by atoms with Crippen LogP contribution in [0.25, 0.3) is 0 Å². The third-order valence-corrected chi connectivity index (χ3v) is 2.71. The molecule has 1 aliphatic rings. The molecule has 1 aliphatic heterocycles. The van der Waals surface area contributed by atoms with Crippen molar-refractivity contribution in [2.45, 2.75) is 19.4 Å². The van der Waals surface area contributed by atoms with E-state index in [0.29, 0.717) is 6.54 Å². The van der Waals surface area contributed by atoms with Gasteiger partial charge in [-0.2, -0.15) is 5.06 Å². The summed E-state index contributed by atoms with van der Waals surface area (Å²) in [6.45, 7) is 10.2. The van der Waals surface area contributed by atoms with Crippen LogP contribution in [0.3, 0.4) is 0 Å². The third kappa shape index (κ3) is 4.90. The van der Waals surface area contributed by atoms with Crippen molar-refractivity contribution in [1.29, 1.82) is 0 Å². The zero-order valence-corrected chi connectivity index (χ0v) is 9.84. The molecule has 0 unspecified atom stereocenters. The second-order valence-electron chi connectivity index (χ2n) is 4.61. The summed E-state index contributed by atoms with van der Waals surface area (Å²) in [4.78, 5) is 0. The number of hydrogen-bond donors (Lipinski definition) is 4. The minimum atomic E-state index is -0.207. The van der Waals surface area contributed by atoms with Crippen LogP contribution in [-0.2, 0) is 0 Å². The summed E-state index contributed by atoms with van der Waals surface area (Å²) < 4.78 is 0. The molecule has 0 bridgehead atoms. The van der Waals surface area contributed by atoms with Crippen LogP contribution in [0.1, 0.15) is 13.8 Å². The van der Waals surface area contributed by atoms with E-state index in [1.165, 1.54) is 5.06 Å². The molecule has 15 heavy (non-hydrogen) atoms. The fraction of sp³-hybridized carbons (Fsp3) is 1.00. The SMILES string of the molecule is CC1(C)CNCCNCCNCCN1O. The fourth-order valence-corrected chi connectivity index (χ4v) is 1.58. The number of nitrogens with zero attached hydrogens (tertiary/aromatic N) is 1. The molecule has 90 valence electrons. The summed E-state index contributed by atoms with van der Waals surface area (Å²) >= 11 is 0. The van der Waals surface area contributed by atoms with Crippen LogP contribution in [-0.4, -0.2) is 61.6 Å². The summed E-state index contributed by atoms with van der Waals surface area (Å²) in [5.74, 6) is 0. The number of hydrogen-bond acceptors (Lipinski definition) is 5. The van der Waals surface area contributed by atoms with E-state index in [9.17, 15) is 5.21 Å². The van der Waals surface area contributed by atoms with Crippen molar-refractivity contribution in [3.05, 3.63) is 0 Å². The molecule has 0 radical (unpaired) electrons. The average molecular weight is 216 g/mol. The minimum Gasteiger partial charge on any atom is -0.314 e. The van der Waals surface area contributed by atoms with Gasteiger partial charge in [-0.3, -0.25) is 0 Å². The Labute approximate surface area is 92.2 Å². The Morgan fingerprint density at radius 1 is 0.933 bits per heavy atom. The average Bonchev–Trinajstić information content (AvgIpc) is 2.18. The van der Waals surface area contributed by atoms with Gasteiger partial charge in [0.25, 0.3) is 0 Å². The Morgan fingerprint density at radius 3 is 2.13 bits per heavy atom. The van der Waals surface area contributed by atoms with Crippen molar-refractivity contribution >= 4 is 0 Å². The van der Waals surface area contributed by atoms with Crippen molar-refractivity contribution in [2.24, 2.45) is 0 Å². The fourth-order valence-electron chi connectivity index (χ4n) is 1.58. The molecule has 0 spiro atoms. The van der Waals surface area contributed by atoms with Crippen LogP contribution in [0.15, 0.2) is 0 Å². The van der Waals surface area contributed by atoms with E-state index in [-0.39, 0.29) is 5.54 Å². The summed E-state index contributed by atoms with van der Waals surface area (Å²) in [7, 11) is 0. The van der Waals surface area contributed by atoms with E-state index < -0.39 is 0 Å². The molecular weight excluding hydrogens is 192 g/mol. The van der Waals surface area contributed by atoms with E-state index in [1.807, 2.05) is 13.8 Å². The highest BCUT2D eigenvalue weighted by atomic mass is 16.5. The second-order valence-corrected chi connectivity index (χ2v) is 4.61. The molecule has 1 heterocycles. The summed E-state index contributed by atoms with van der Waals surface area (Å²) in [6, 6.07) is 0. The second kappa shape index (κ2) is 6.40. The zero-order valence-electron chi connectivity index (χ0n) is 9.84. The van der Waals surface area contributed by atoms with Gasteiger partial charge in [-0.25, -0.2) is 0 Å². The molecule has 0 aromatic rings. The molecule has 5 nitrogen and oxygen atoms in total. The normalized spacial score (nSPS) is 26.6. The topological polar surface area (TPSA) is 59.6 Å². The number of rotatable bonds is 0. The van der Waals surface area contributed by atoms with Gasteiger partial charge in [-0.15, -0.1) is 0 Å². The van der Waals surface area contributed by atoms with Gasteiger partial charge in [0.15, 0.2) is 0 Å². The molecule has 4 N–H and O–H groups in total. The highest BCUT2D eigenvalue weighted by Crippen LogP contribution is 2.09. The maximum absolute atomic E-state index is 9.86.